The maximum Gasteiger partial charge on any atom is 0.460 e. The number of nitrogens with zero attached hydrogens (tertiary/aromatic N) is 2. The number of alkyl halides is 10. The lowest BCUT2D eigenvalue weighted by molar-refractivity contribution is -0.346. The van der Waals surface area contributed by atoms with E-state index in [0.717, 1.165) is 24.3 Å². The van der Waals surface area contributed by atoms with Crippen LogP contribution in [0.25, 0.3) is 0 Å². The van der Waals surface area contributed by atoms with Gasteiger partial charge in [-0.1, -0.05) is 0 Å². The number of carbonyl (C=O) groups excluding carboxylic acids is 1. The second-order valence-corrected chi connectivity index (χ2v) is 5.97. The van der Waals surface area contributed by atoms with Crippen molar-refractivity contribution in [1.82, 2.24) is 4.90 Å². The van der Waals surface area contributed by atoms with E-state index in [1.165, 1.54) is 4.90 Å². The number of piperazine rings is 1. The predicted octanol–water partition coefficient (Wildman–Crippen LogP) is 4.19. The zero-order valence-electron chi connectivity index (χ0n) is 13.7. The summed E-state index contributed by atoms with van der Waals surface area (Å²) in [4.78, 5) is 13.1. The molecular weight excluding hydrogens is 414 g/mol. The van der Waals surface area contributed by atoms with E-state index in [-0.39, 0.29) is 23.7 Å². The number of rotatable bonds is 3. The Bertz CT molecular complexity index is 703. The number of hydrogen-bond donors (Lipinski definition) is 0. The summed E-state index contributed by atoms with van der Waals surface area (Å²) < 4.78 is 127. The van der Waals surface area contributed by atoms with Gasteiger partial charge in [-0.05, 0) is 24.3 Å². The largest absolute Gasteiger partial charge is 0.460 e. The molecule has 0 saturated carbocycles. The number of halogens is 10. The van der Waals surface area contributed by atoms with E-state index in [1.54, 1.807) is 0 Å². The average molecular weight is 426 g/mol. The fraction of sp³-hybridized carbons (Fsp3) is 0.533. The summed E-state index contributed by atoms with van der Waals surface area (Å²) in [6.07, 6.45) is -11.2. The molecule has 158 valence electrons. The number of carbonyl (C=O) groups is 1. The molecule has 0 unspecified atom stereocenters. The second kappa shape index (κ2) is 6.99. The Morgan fingerprint density at radius 1 is 0.750 bits per heavy atom. The summed E-state index contributed by atoms with van der Waals surface area (Å²) in [6.45, 7) is -1.71. The van der Waals surface area contributed by atoms with Crippen LogP contribution in [0.5, 0.6) is 0 Å². The first-order valence-corrected chi connectivity index (χ1v) is 7.63. The van der Waals surface area contributed by atoms with Crippen molar-refractivity contribution < 1.29 is 48.7 Å². The molecule has 0 N–H and O–H groups in total. The van der Waals surface area contributed by atoms with E-state index in [2.05, 4.69) is 0 Å². The van der Waals surface area contributed by atoms with Crippen molar-refractivity contribution in [3.8, 4) is 0 Å². The summed E-state index contributed by atoms with van der Waals surface area (Å²) in [5.74, 6) is -15.2. The van der Waals surface area contributed by atoms with Gasteiger partial charge in [0.15, 0.2) is 0 Å². The first-order valence-electron chi connectivity index (χ1n) is 7.63. The molecule has 1 aromatic carbocycles. The van der Waals surface area contributed by atoms with Gasteiger partial charge < -0.3 is 9.80 Å². The summed E-state index contributed by atoms with van der Waals surface area (Å²) in [5, 5.41) is 0. The smallest absolute Gasteiger partial charge is 0.368 e. The third-order valence-corrected chi connectivity index (χ3v) is 4.15. The van der Waals surface area contributed by atoms with Crippen LogP contribution in [0.4, 0.5) is 49.6 Å². The fourth-order valence-corrected chi connectivity index (χ4v) is 2.54. The highest BCUT2D eigenvalue weighted by Gasteiger charge is 2.76. The van der Waals surface area contributed by atoms with Crippen molar-refractivity contribution in [3.63, 3.8) is 0 Å². The summed E-state index contributed by atoms with van der Waals surface area (Å²) in [6, 6.07) is 3.72. The van der Waals surface area contributed by atoms with Crippen molar-refractivity contribution >= 4 is 11.6 Å². The molecule has 2 rings (SSSR count). The van der Waals surface area contributed by atoms with Gasteiger partial charge in [-0.15, -0.1) is 0 Å². The minimum Gasteiger partial charge on any atom is -0.368 e. The van der Waals surface area contributed by atoms with Crippen molar-refractivity contribution in [2.45, 2.75) is 24.2 Å². The van der Waals surface area contributed by atoms with Crippen LogP contribution in [0.1, 0.15) is 5.56 Å². The Kier molecular flexibility index (Phi) is 5.52. The third kappa shape index (κ3) is 3.97. The lowest BCUT2D eigenvalue weighted by Gasteiger charge is -2.38. The molecule has 1 aliphatic rings. The SMILES string of the molecule is O=C(N1CCN(c2ccc(C(F)(F)F)cc2)CC1)C(F)(F)C(F)(F)C(F)(F)F. The second-order valence-electron chi connectivity index (χ2n) is 5.97. The molecule has 3 nitrogen and oxygen atoms in total. The standard InChI is InChI=1S/C15H12F10N2O/c16-12(17,14(21,22)15(23,24)25)11(28)27-7-5-26(6-8-27)10-3-1-9(2-4-10)13(18,19)20/h1-4H,5-8H2. The molecule has 1 heterocycles. The monoisotopic (exact) mass is 426 g/mol. The van der Waals surface area contributed by atoms with Crippen LogP contribution in [0.3, 0.4) is 0 Å². The Morgan fingerprint density at radius 2 is 1.21 bits per heavy atom. The van der Waals surface area contributed by atoms with Gasteiger partial charge in [-0.3, -0.25) is 4.79 Å². The Morgan fingerprint density at radius 3 is 1.61 bits per heavy atom. The van der Waals surface area contributed by atoms with Gasteiger partial charge in [0.05, 0.1) is 5.56 Å². The van der Waals surface area contributed by atoms with Crippen LogP contribution in [0, 0.1) is 0 Å². The highest BCUT2D eigenvalue weighted by molar-refractivity contribution is 5.85. The molecule has 1 saturated heterocycles. The molecule has 0 spiro atoms. The lowest BCUT2D eigenvalue weighted by Crippen LogP contribution is -2.62. The molecule has 0 bridgehead atoms. The van der Waals surface area contributed by atoms with Crippen LogP contribution in [0.15, 0.2) is 24.3 Å². The molecule has 1 amide bonds. The minimum absolute atomic E-state index is 0.167. The number of amides is 1. The fourth-order valence-electron chi connectivity index (χ4n) is 2.54. The molecule has 0 radical (unpaired) electrons. The van der Waals surface area contributed by atoms with Crippen molar-refractivity contribution in [1.29, 1.82) is 0 Å². The Labute approximate surface area is 151 Å². The third-order valence-electron chi connectivity index (χ3n) is 4.15. The van der Waals surface area contributed by atoms with E-state index in [0.29, 0.717) is 0 Å². The first kappa shape index (κ1) is 22.1. The Hall–Kier alpha value is -2.21. The molecule has 0 aromatic heterocycles. The number of anilines is 1. The molecule has 28 heavy (non-hydrogen) atoms. The van der Waals surface area contributed by atoms with Crippen LogP contribution >= 0.6 is 0 Å². The predicted molar refractivity (Wildman–Crippen MR) is 76.2 cm³/mol. The zero-order valence-corrected chi connectivity index (χ0v) is 13.7. The molecule has 0 atom stereocenters. The van der Waals surface area contributed by atoms with E-state index in [9.17, 15) is 48.7 Å². The molecule has 1 aliphatic heterocycles. The van der Waals surface area contributed by atoms with Crippen molar-refractivity contribution in [3.05, 3.63) is 29.8 Å². The minimum atomic E-state index is -6.62. The van der Waals surface area contributed by atoms with Gasteiger partial charge in [0.2, 0.25) is 0 Å². The van der Waals surface area contributed by atoms with Crippen molar-refractivity contribution in [2.75, 3.05) is 31.1 Å². The molecule has 1 aromatic rings. The zero-order chi connectivity index (χ0) is 21.5. The van der Waals surface area contributed by atoms with Crippen LogP contribution in [-0.4, -0.2) is 55.0 Å². The van der Waals surface area contributed by atoms with Gasteiger partial charge >= 0.3 is 24.2 Å². The highest BCUT2D eigenvalue weighted by Crippen LogP contribution is 2.47. The maximum atomic E-state index is 13.5. The maximum absolute atomic E-state index is 13.5. The van der Waals surface area contributed by atoms with Crippen LogP contribution in [-0.2, 0) is 11.0 Å². The van der Waals surface area contributed by atoms with Crippen LogP contribution < -0.4 is 4.90 Å². The van der Waals surface area contributed by atoms with E-state index in [1.807, 2.05) is 0 Å². The van der Waals surface area contributed by atoms with Crippen LogP contribution in [0.2, 0.25) is 0 Å². The van der Waals surface area contributed by atoms with Gasteiger partial charge in [0.25, 0.3) is 5.91 Å². The van der Waals surface area contributed by atoms with E-state index >= 15 is 0 Å². The normalized spacial score (nSPS) is 17.1. The molecule has 1 fully saturated rings. The topological polar surface area (TPSA) is 23.6 Å². The summed E-state index contributed by atoms with van der Waals surface area (Å²) in [7, 11) is 0. The average Bonchev–Trinajstić information content (AvgIpc) is 2.59. The summed E-state index contributed by atoms with van der Waals surface area (Å²) >= 11 is 0. The van der Waals surface area contributed by atoms with Gasteiger partial charge in [-0.2, -0.15) is 43.9 Å². The number of benzene rings is 1. The Balaban J connectivity index is 2.06. The van der Waals surface area contributed by atoms with Crippen molar-refractivity contribution in [2.24, 2.45) is 0 Å². The van der Waals surface area contributed by atoms with Gasteiger partial charge in [-0.25, -0.2) is 0 Å². The first-order chi connectivity index (χ1) is 12.6. The lowest BCUT2D eigenvalue weighted by atomic mass is 10.1. The van der Waals surface area contributed by atoms with Gasteiger partial charge in [0.1, 0.15) is 0 Å². The van der Waals surface area contributed by atoms with E-state index in [4.69, 9.17) is 0 Å². The molecular formula is C15H12F10N2O. The molecule has 13 heteroatoms. The summed E-state index contributed by atoms with van der Waals surface area (Å²) in [5.41, 5.74) is -0.688. The number of hydrogen-bond acceptors (Lipinski definition) is 2. The highest BCUT2D eigenvalue weighted by atomic mass is 19.4. The quantitative estimate of drug-likeness (QED) is 0.677. The molecule has 0 aliphatic carbocycles. The van der Waals surface area contributed by atoms with E-state index < -0.39 is 48.8 Å². The van der Waals surface area contributed by atoms with Gasteiger partial charge in [0, 0.05) is 31.9 Å².